The SMILES string of the molecule is COc1ccc(CN(CCc2c[nH]c3ccccc23)C(=O)CN(C(=O)C(C)Cl)C2CC2)cc1OC. The zero-order chi connectivity index (χ0) is 24.9. The summed E-state index contributed by atoms with van der Waals surface area (Å²) in [5.41, 5.74) is 3.14. The number of carbonyl (C=O) groups excluding carboxylic acids is 2. The minimum atomic E-state index is -0.658. The quantitative estimate of drug-likeness (QED) is 0.399. The molecular weight excluding hydrogens is 466 g/mol. The lowest BCUT2D eigenvalue weighted by Gasteiger charge is -2.28. The Morgan fingerprint density at radius 1 is 1.11 bits per heavy atom. The first-order valence-corrected chi connectivity index (χ1v) is 12.3. The van der Waals surface area contributed by atoms with Gasteiger partial charge in [-0.25, -0.2) is 0 Å². The summed E-state index contributed by atoms with van der Waals surface area (Å²) < 4.78 is 10.8. The van der Waals surface area contributed by atoms with Gasteiger partial charge in [0.05, 0.1) is 14.2 Å². The van der Waals surface area contributed by atoms with E-state index in [1.807, 2.05) is 47.5 Å². The van der Waals surface area contributed by atoms with Crippen LogP contribution in [0.3, 0.4) is 0 Å². The lowest BCUT2D eigenvalue weighted by Crippen LogP contribution is -2.46. The molecule has 3 aromatic rings. The van der Waals surface area contributed by atoms with Crippen LogP contribution in [-0.4, -0.2) is 65.3 Å². The number of alkyl halides is 1. The highest BCUT2D eigenvalue weighted by Gasteiger charge is 2.36. The first kappa shape index (κ1) is 24.9. The molecule has 35 heavy (non-hydrogen) atoms. The molecule has 0 spiro atoms. The van der Waals surface area contributed by atoms with Gasteiger partial charge in [-0.1, -0.05) is 24.3 Å². The van der Waals surface area contributed by atoms with Crippen molar-refractivity contribution in [1.82, 2.24) is 14.8 Å². The predicted octanol–water partition coefficient (Wildman–Crippen LogP) is 4.37. The molecule has 1 unspecified atom stereocenters. The van der Waals surface area contributed by atoms with Crippen molar-refractivity contribution in [2.45, 2.75) is 44.1 Å². The van der Waals surface area contributed by atoms with Crippen LogP contribution < -0.4 is 9.47 Å². The fourth-order valence-corrected chi connectivity index (χ4v) is 4.46. The second kappa shape index (κ2) is 11.0. The van der Waals surface area contributed by atoms with Crippen molar-refractivity contribution >= 4 is 34.3 Å². The van der Waals surface area contributed by atoms with E-state index < -0.39 is 5.38 Å². The van der Waals surface area contributed by atoms with Crippen LogP contribution in [0.5, 0.6) is 11.5 Å². The van der Waals surface area contributed by atoms with E-state index in [9.17, 15) is 9.59 Å². The van der Waals surface area contributed by atoms with Gasteiger partial charge in [-0.05, 0) is 55.5 Å². The third-order valence-corrected chi connectivity index (χ3v) is 6.60. The van der Waals surface area contributed by atoms with Crippen molar-refractivity contribution in [3.8, 4) is 11.5 Å². The number of hydrogen-bond donors (Lipinski definition) is 1. The first-order chi connectivity index (χ1) is 16.9. The van der Waals surface area contributed by atoms with Crippen molar-refractivity contribution in [1.29, 1.82) is 0 Å². The molecule has 1 N–H and O–H groups in total. The number of nitrogens with one attached hydrogen (secondary N) is 1. The van der Waals surface area contributed by atoms with E-state index in [-0.39, 0.29) is 24.4 Å². The van der Waals surface area contributed by atoms with E-state index in [4.69, 9.17) is 21.1 Å². The van der Waals surface area contributed by atoms with E-state index in [2.05, 4.69) is 11.1 Å². The fraction of sp³-hybridized carbons (Fsp3) is 0.407. The standard InChI is InChI=1S/C27H32ClN3O4/c1-18(28)27(33)31(21-9-10-21)17-26(32)30(16-19-8-11-24(34-2)25(14-19)35-3)13-12-20-15-29-23-7-5-4-6-22(20)23/h4-8,11,14-15,18,21,29H,9-10,12-13,16-17H2,1-3H3. The van der Waals surface area contributed by atoms with Gasteiger partial charge in [0, 0.05) is 36.2 Å². The average molecular weight is 498 g/mol. The number of hydrogen-bond acceptors (Lipinski definition) is 4. The van der Waals surface area contributed by atoms with Crippen molar-refractivity contribution in [2.75, 3.05) is 27.3 Å². The Kier molecular flexibility index (Phi) is 7.86. The molecule has 0 radical (unpaired) electrons. The van der Waals surface area contributed by atoms with Crippen LogP contribution in [0.1, 0.15) is 30.9 Å². The number of para-hydroxylation sites is 1. The number of ether oxygens (including phenoxy) is 2. The molecule has 1 saturated carbocycles. The third-order valence-electron chi connectivity index (χ3n) is 6.42. The molecule has 0 bridgehead atoms. The molecule has 0 aliphatic heterocycles. The Morgan fingerprint density at radius 2 is 1.86 bits per heavy atom. The van der Waals surface area contributed by atoms with Crippen molar-refractivity contribution < 1.29 is 19.1 Å². The molecule has 1 heterocycles. The topological polar surface area (TPSA) is 74.9 Å². The maximum absolute atomic E-state index is 13.5. The van der Waals surface area contributed by atoms with Crippen molar-refractivity contribution in [3.05, 3.63) is 59.8 Å². The second-order valence-electron chi connectivity index (χ2n) is 8.93. The Balaban J connectivity index is 1.55. The zero-order valence-corrected chi connectivity index (χ0v) is 21.2. The van der Waals surface area contributed by atoms with Gasteiger partial charge in [0.15, 0.2) is 11.5 Å². The number of aromatic nitrogens is 1. The van der Waals surface area contributed by atoms with E-state index in [1.54, 1.807) is 26.0 Å². The largest absolute Gasteiger partial charge is 0.493 e. The summed E-state index contributed by atoms with van der Waals surface area (Å²) in [6.45, 7) is 2.59. The molecule has 1 aromatic heterocycles. The van der Waals surface area contributed by atoms with Crippen molar-refractivity contribution in [3.63, 3.8) is 0 Å². The molecule has 4 rings (SSSR count). The number of benzene rings is 2. The molecular formula is C27H32ClN3O4. The van der Waals surface area contributed by atoms with E-state index in [0.29, 0.717) is 31.0 Å². The Labute approximate surface area is 210 Å². The molecule has 1 fully saturated rings. The lowest BCUT2D eigenvalue weighted by molar-refractivity contribution is -0.141. The summed E-state index contributed by atoms with van der Waals surface area (Å²) in [6.07, 6.45) is 4.51. The maximum atomic E-state index is 13.5. The van der Waals surface area contributed by atoms with Gasteiger partial charge in [0.1, 0.15) is 11.9 Å². The number of nitrogens with zero attached hydrogens (tertiary/aromatic N) is 2. The van der Waals surface area contributed by atoms with Crippen LogP contribution >= 0.6 is 11.6 Å². The molecule has 186 valence electrons. The fourth-order valence-electron chi connectivity index (χ4n) is 4.33. The van der Waals surface area contributed by atoms with Crippen LogP contribution in [-0.2, 0) is 22.6 Å². The van der Waals surface area contributed by atoms with E-state index in [0.717, 1.165) is 34.9 Å². The van der Waals surface area contributed by atoms with E-state index >= 15 is 0 Å². The molecule has 0 saturated heterocycles. The monoisotopic (exact) mass is 497 g/mol. The summed E-state index contributed by atoms with van der Waals surface area (Å²) >= 11 is 6.09. The van der Waals surface area contributed by atoms with E-state index in [1.165, 1.54) is 0 Å². The number of halogens is 1. The molecule has 2 aromatic carbocycles. The third kappa shape index (κ3) is 5.90. The molecule has 1 aliphatic carbocycles. The number of amides is 2. The normalized spacial score (nSPS) is 13.9. The van der Waals surface area contributed by atoms with Crippen LogP contribution in [0.2, 0.25) is 0 Å². The highest BCUT2D eigenvalue weighted by molar-refractivity contribution is 6.30. The number of carbonyl (C=O) groups is 2. The van der Waals surface area contributed by atoms with Gasteiger partial charge in [-0.3, -0.25) is 9.59 Å². The van der Waals surface area contributed by atoms with Gasteiger partial charge >= 0.3 is 0 Å². The molecule has 8 heteroatoms. The molecule has 1 aliphatic rings. The average Bonchev–Trinajstić information content (AvgIpc) is 3.63. The first-order valence-electron chi connectivity index (χ1n) is 11.9. The number of H-pyrrole nitrogens is 1. The Bertz CT molecular complexity index is 1190. The molecule has 7 nitrogen and oxygen atoms in total. The molecule has 2 amide bonds. The lowest BCUT2D eigenvalue weighted by atomic mass is 10.1. The summed E-state index contributed by atoms with van der Waals surface area (Å²) in [5.74, 6) is 0.955. The highest BCUT2D eigenvalue weighted by atomic mass is 35.5. The Hall–Kier alpha value is -3.19. The van der Waals surface area contributed by atoms with Gasteiger partial charge in [-0.2, -0.15) is 0 Å². The minimum Gasteiger partial charge on any atom is -0.493 e. The number of aromatic amines is 1. The van der Waals surface area contributed by atoms with Crippen LogP contribution in [0.25, 0.3) is 10.9 Å². The smallest absolute Gasteiger partial charge is 0.242 e. The van der Waals surface area contributed by atoms with Crippen LogP contribution in [0.15, 0.2) is 48.7 Å². The van der Waals surface area contributed by atoms with Crippen LogP contribution in [0.4, 0.5) is 0 Å². The molecule has 1 atom stereocenters. The van der Waals surface area contributed by atoms with Crippen LogP contribution in [0, 0.1) is 0 Å². The Morgan fingerprint density at radius 3 is 2.54 bits per heavy atom. The summed E-state index contributed by atoms with van der Waals surface area (Å²) in [4.78, 5) is 33.0. The summed E-state index contributed by atoms with van der Waals surface area (Å²) in [7, 11) is 3.18. The van der Waals surface area contributed by atoms with Gasteiger partial charge < -0.3 is 24.3 Å². The predicted molar refractivity (Wildman–Crippen MR) is 137 cm³/mol. The number of rotatable bonds is 11. The minimum absolute atomic E-state index is 0.0295. The number of fused-ring (bicyclic) bond motifs is 1. The van der Waals surface area contributed by atoms with Gasteiger partial charge in [-0.15, -0.1) is 11.6 Å². The van der Waals surface area contributed by atoms with Gasteiger partial charge in [0.2, 0.25) is 11.8 Å². The second-order valence-corrected chi connectivity index (χ2v) is 9.58. The van der Waals surface area contributed by atoms with Gasteiger partial charge in [0.25, 0.3) is 0 Å². The summed E-state index contributed by atoms with van der Waals surface area (Å²) in [5, 5.41) is 0.491. The highest BCUT2D eigenvalue weighted by Crippen LogP contribution is 2.30. The number of methoxy groups -OCH3 is 2. The summed E-state index contributed by atoms with van der Waals surface area (Å²) in [6, 6.07) is 13.9. The van der Waals surface area contributed by atoms with Crippen molar-refractivity contribution in [2.24, 2.45) is 0 Å². The maximum Gasteiger partial charge on any atom is 0.242 e. The zero-order valence-electron chi connectivity index (χ0n) is 20.4.